The monoisotopic (exact) mass is 374 g/mol. The van der Waals surface area contributed by atoms with Gasteiger partial charge in [-0.05, 0) is 39.0 Å². The number of hydrogen-bond acceptors (Lipinski definition) is 3. The van der Waals surface area contributed by atoms with E-state index in [9.17, 15) is 0 Å². The summed E-state index contributed by atoms with van der Waals surface area (Å²) in [6, 6.07) is 6.21. The first-order chi connectivity index (χ1) is 8.20. The fraction of sp³-hybridized carbons (Fsp3) is 0.250. The summed E-state index contributed by atoms with van der Waals surface area (Å²) in [4.78, 5) is 6.61. The topological polar surface area (TPSA) is 16.1 Å². The summed E-state index contributed by atoms with van der Waals surface area (Å²) in [5.74, 6) is 1.03. The minimum absolute atomic E-state index is 0.827. The van der Waals surface area contributed by atoms with E-state index in [0.717, 1.165) is 17.7 Å². The van der Waals surface area contributed by atoms with Gasteiger partial charge in [-0.25, -0.2) is 4.98 Å². The number of nitrogens with zero attached hydrogens (tertiary/aromatic N) is 2. The molecule has 0 fully saturated rings. The molecule has 2 nitrogen and oxygen atoms in total. The standard InChI is InChI=1S/C12H12Br2N2S/c1-16(7-9-5-11(14)17-8-9)12-10(6-13)3-2-4-15-12/h2-5,8H,6-7H2,1H3. The van der Waals surface area contributed by atoms with Crippen LogP contribution in [0.25, 0.3) is 0 Å². The number of alkyl halides is 1. The largest absolute Gasteiger partial charge is 0.355 e. The Kier molecular flexibility index (Phi) is 4.59. The lowest BCUT2D eigenvalue weighted by Crippen LogP contribution is -2.18. The molecular weight excluding hydrogens is 364 g/mol. The van der Waals surface area contributed by atoms with Crippen molar-refractivity contribution >= 4 is 49.0 Å². The van der Waals surface area contributed by atoms with E-state index in [-0.39, 0.29) is 0 Å². The van der Waals surface area contributed by atoms with E-state index in [1.165, 1.54) is 14.9 Å². The van der Waals surface area contributed by atoms with Gasteiger partial charge in [0, 0.05) is 30.7 Å². The minimum atomic E-state index is 0.827. The maximum Gasteiger partial charge on any atom is 0.132 e. The second-order valence-electron chi connectivity index (χ2n) is 3.73. The van der Waals surface area contributed by atoms with Gasteiger partial charge < -0.3 is 4.90 Å². The Morgan fingerprint density at radius 2 is 2.29 bits per heavy atom. The number of rotatable bonds is 4. The van der Waals surface area contributed by atoms with Crippen LogP contribution in [0, 0.1) is 0 Å². The second-order valence-corrected chi connectivity index (χ2v) is 6.59. The first-order valence-electron chi connectivity index (χ1n) is 5.14. The van der Waals surface area contributed by atoms with Crippen LogP contribution in [0.5, 0.6) is 0 Å². The van der Waals surface area contributed by atoms with Gasteiger partial charge in [0.25, 0.3) is 0 Å². The van der Waals surface area contributed by atoms with Crippen LogP contribution in [0.1, 0.15) is 11.1 Å². The molecule has 90 valence electrons. The van der Waals surface area contributed by atoms with E-state index in [2.05, 4.69) is 66.3 Å². The highest BCUT2D eigenvalue weighted by Crippen LogP contribution is 2.24. The molecule has 0 spiro atoms. The van der Waals surface area contributed by atoms with Crippen molar-refractivity contribution in [2.45, 2.75) is 11.9 Å². The summed E-state index contributed by atoms with van der Waals surface area (Å²) in [6.07, 6.45) is 1.83. The molecule has 2 heterocycles. The molecule has 2 aromatic rings. The molecule has 0 saturated heterocycles. The SMILES string of the molecule is CN(Cc1csc(Br)c1)c1ncccc1CBr. The van der Waals surface area contributed by atoms with Gasteiger partial charge in [0.05, 0.1) is 3.79 Å². The molecule has 0 N–H and O–H groups in total. The van der Waals surface area contributed by atoms with Crippen LogP contribution in [0.4, 0.5) is 5.82 Å². The molecule has 0 aliphatic heterocycles. The average molecular weight is 376 g/mol. The van der Waals surface area contributed by atoms with Gasteiger partial charge in [-0.1, -0.05) is 22.0 Å². The minimum Gasteiger partial charge on any atom is -0.355 e. The molecule has 0 saturated carbocycles. The molecule has 2 aromatic heterocycles. The van der Waals surface area contributed by atoms with E-state index in [1.807, 2.05) is 12.3 Å². The van der Waals surface area contributed by atoms with Gasteiger partial charge in [-0.2, -0.15) is 0 Å². The maximum atomic E-state index is 4.44. The number of hydrogen-bond donors (Lipinski definition) is 0. The van der Waals surface area contributed by atoms with Crippen LogP contribution in [0.3, 0.4) is 0 Å². The summed E-state index contributed by atoms with van der Waals surface area (Å²) < 4.78 is 1.17. The third-order valence-electron chi connectivity index (χ3n) is 2.41. The van der Waals surface area contributed by atoms with E-state index in [4.69, 9.17) is 0 Å². The molecule has 5 heteroatoms. The highest BCUT2D eigenvalue weighted by atomic mass is 79.9. The number of anilines is 1. The Morgan fingerprint density at radius 1 is 1.47 bits per heavy atom. The van der Waals surface area contributed by atoms with E-state index in [1.54, 1.807) is 11.3 Å². The first-order valence-corrected chi connectivity index (χ1v) is 7.94. The van der Waals surface area contributed by atoms with E-state index in [0.29, 0.717) is 0 Å². The Labute approximate surface area is 122 Å². The van der Waals surface area contributed by atoms with Gasteiger partial charge in [0.15, 0.2) is 0 Å². The fourth-order valence-electron chi connectivity index (χ4n) is 1.66. The number of pyridine rings is 1. The number of aromatic nitrogens is 1. The predicted octanol–water partition coefficient (Wildman–Crippen LogP) is 4.44. The van der Waals surface area contributed by atoms with Crippen LogP contribution in [-0.2, 0) is 11.9 Å². The summed E-state index contributed by atoms with van der Waals surface area (Å²) in [6.45, 7) is 0.874. The summed E-state index contributed by atoms with van der Waals surface area (Å²) in [5, 5.41) is 2.99. The third kappa shape index (κ3) is 3.30. The molecule has 0 bridgehead atoms. The van der Waals surface area contributed by atoms with Crippen molar-refractivity contribution in [1.29, 1.82) is 0 Å². The van der Waals surface area contributed by atoms with Crippen molar-refractivity contribution < 1.29 is 0 Å². The van der Waals surface area contributed by atoms with E-state index < -0.39 is 0 Å². The predicted molar refractivity (Wildman–Crippen MR) is 81.0 cm³/mol. The van der Waals surface area contributed by atoms with Crippen molar-refractivity contribution in [3.8, 4) is 0 Å². The van der Waals surface area contributed by atoms with Crippen molar-refractivity contribution in [1.82, 2.24) is 4.98 Å². The highest BCUT2D eigenvalue weighted by Gasteiger charge is 2.09. The van der Waals surface area contributed by atoms with Gasteiger partial charge in [-0.15, -0.1) is 11.3 Å². The van der Waals surface area contributed by atoms with Crippen molar-refractivity contribution in [3.63, 3.8) is 0 Å². The molecule has 0 aromatic carbocycles. The lowest BCUT2D eigenvalue weighted by atomic mass is 10.2. The number of thiophene rings is 1. The Morgan fingerprint density at radius 3 is 2.94 bits per heavy atom. The lowest BCUT2D eigenvalue weighted by molar-refractivity contribution is 0.893. The Bertz CT molecular complexity index is 499. The van der Waals surface area contributed by atoms with Gasteiger partial charge in [0.1, 0.15) is 5.82 Å². The average Bonchev–Trinajstić information content (AvgIpc) is 2.74. The summed E-state index contributed by atoms with van der Waals surface area (Å²) in [7, 11) is 2.07. The number of halogens is 2. The molecule has 0 amide bonds. The van der Waals surface area contributed by atoms with Crippen LogP contribution in [0.2, 0.25) is 0 Å². The molecule has 0 unspecified atom stereocenters. The van der Waals surface area contributed by atoms with Gasteiger partial charge >= 0.3 is 0 Å². The molecule has 0 radical (unpaired) electrons. The summed E-state index contributed by atoms with van der Waals surface area (Å²) in [5.41, 5.74) is 2.51. The van der Waals surface area contributed by atoms with Gasteiger partial charge in [0.2, 0.25) is 0 Å². The zero-order valence-corrected chi connectivity index (χ0v) is 13.3. The fourth-order valence-corrected chi connectivity index (χ4v) is 3.29. The van der Waals surface area contributed by atoms with Crippen LogP contribution >= 0.6 is 43.2 Å². The summed E-state index contributed by atoms with van der Waals surface area (Å²) >= 11 is 8.69. The normalized spacial score (nSPS) is 10.5. The van der Waals surface area contributed by atoms with Crippen LogP contribution in [-0.4, -0.2) is 12.0 Å². The van der Waals surface area contributed by atoms with Gasteiger partial charge in [-0.3, -0.25) is 0 Å². The van der Waals surface area contributed by atoms with Crippen molar-refractivity contribution in [2.24, 2.45) is 0 Å². The molecular formula is C12H12Br2N2S. The molecule has 0 aliphatic rings. The van der Waals surface area contributed by atoms with Crippen LogP contribution in [0.15, 0.2) is 33.6 Å². The first kappa shape index (κ1) is 13.1. The Balaban J connectivity index is 2.16. The van der Waals surface area contributed by atoms with E-state index >= 15 is 0 Å². The molecule has 0 aliphatic carbocycles. The Hall–Kier alpha value is -0.390. The maximum absolute atomic E-state index is 4.44. The zero-order chi connectivity index (χ0) is 12.3. The van der Waals surface area contributed by atoms with Crippen molar-refractivity contribution in [2.75, 3.05) is 11.9 Å². The molecule has 2 rings (SSSR count). The second kappa shape index (κ2) is 5.98. The molecule has 0 atom stereocenters. The smallest absolute Gasteiger partial charge is 0.132 e. The zero-order valence-electron chi connectivity index (χ0n) is 9.36. The lowest BCUT2D eigenvalue weighted by Gasteiger charge is -2.19. The van der Waals surface area contributed by atoms with Crippen molar-refractivity contribution in [3.05, 3.63) is 44.7 Å². The third-order valence-corrected chi connectivity index (χ3v) is 4.57. The quantitative estimate of drug-likeness (QED) is 0.734. The molecule has 17 heavy (non-hydrogen) atoms. The highest BCUT2D eigenvalue weighted by molar-refractivity contribution is 9.11. The van der Waals surface area contributed by atoms with Crippen LogP contribution < -0.4 is 4.90 Å².